The number of rotatable bonds is 8. The molecular weight excluding hydrogens is 458 g/mol. The second kappa shape index (κ2) is 9.79. The summed E-state index contributed by atoms with van der Waals surface area (Å²) in [6, 6.07) is 18.0. The zero-order valence-corrected chi connectivity index (χ0v) is 19.5. The normalized spacial score (nSPS) is 11.0. The Morgan fingerprint density at radius 2 is 1.81 bits per heavy atom. The first-order valence-electron chi connectivity index (χ1n) is 11.5. The summed E-state index contributed by atoms with van der Waals surface area (Å²) in [6.07, 6.45) is 5.00. The molecule has 0 aliphatic carbocycles. The monoisotopic (exact) mass is 481 g/mol. The van der Waals surface area contributed by atoms with E-state index in [2.05, 4.69) is 25.6 Å². The van der Waals surface area contributed by atoms with Crippen molar-refractivity contribution >= 4 is 5.97 Å². The number of carbonyl (C=O) groups is 1. The van der Waals surface area contributed by atoms with E-state index < -0.39 is 5.97 Å². The van der Waals surface area contributed by atoms with Gasteiger partial charge in [0.05, 0.1) is 23.5 Å². The highest BCUT2D eigenvalue weighted by atomic mass is 16.4. The third-order valence-electron chi connectivity index (χ3n) is 5.93. The van der Waals surface area contributed by atoms with E-state index in [4.69, 9.17) is 0 Å². The average molecular weight is 482 g/mol. The molecule has 5 aromatic rings. The van der Waals surface area contributed by atoms with Crippen molar-refractivity contribution < 1.29 is 9.90 Å². The summed E-state index contributed by atoms with van der Waals surface area (Å²) in [5.41, 5.74) is 4.26. The topological polar surface area (TPSA) is 132 Å². The Hall–Kier alpha value is -4.86. The van der Waals surface area contributed by atoms with Crippen molar-refractivity contribution in [2.24, 2.45) is 0 Å². The van der Waals surface area contributed by atoms with Crippen molar-refractivity contribution in [3.05, 3.63) is 100 Å². The molecule has 2 aromatic carbocycles. The average Bonchev–Trinajstić information content (AvgIpc) is 3.54. The summed E-state index contributed by atoms with van der Waals surface area (Å²) in [4.78, 5) is 29.7. The van der Waals surface area contributed by atoms with Crippen LogP contribution in [-0.4, -0.2) is 45.8 Å². The molecule has 0 saturated carbocycles. The van der Waals surface area contributed by atoms with Gasteiger partial charge in [-0.05, 0) is 35.4 Å². The summed E-state index contributed by atoms with van der Waals surface area (Å²) in [5.74, 6) is -0.589. The number of aromatic amines is 1. The maximum atomic E-state index is 13.4. The van der Waals surface area contributed by atoms with Crippen LogP contribution in [0.1, 0.15) is 35.1 Å². The number of hydrogen-bond acceptors (Lipinski definition) is 6. The predicted octanol–water partition coefficient (Wildman–Crippen LogP) is 3.58. The molecule has 0 fully saturated rings. The Bertz CT molecular complexity index is 1570. The number of aryl methyl sites for hydroxylation is 1. The van der Waals surface area contributed by atoms with Crippen LogP contribution < -0.4 is 5.69 Å². The van der Waals surface area contributed by atoms with Gasteiger partial charge in [0.25, 0.3) is 0 Å². The number of H-pyrrole nitrogens is 1. The van der Waals surface area contributed by atoms with Crippen LogP contribution in [-0.2, 0) is 13.0 Å². The molecule has 0 spiro atoms. The fourth-order valence-corrected chi connectivity index (χ4v) is 4.23. The first-order chi connectivity index (χ1) is 17.6. The minimum atomic E-state index is -1.08. The molecular formula is C26H23N7O3. The van der Waals surface area contributed by atoms with Crippen molar-refractivity contribution in [1.82, 2.24) is 34.7 Å². The molecule has 0 radical (unpaired) electrons. The standard InChI is InChI=1S/C26H23N7O3/c1-2-7-19-16-33(23-11-6-5-10-22(23)25(34)35)26(36)32(19)15-18-13-12-17(14-27-18)20-8-3-4-9-21(20)24-28-30-31-29-24/h3-6,8-14,16H,2,7,15H2,1H3,(H,34,35)(H,28,29,30,31). The quantitative estimate of drug-likeness (QED) is 0.346. The van der Waals surface area contributed by atoms with Gasteiger partial charge >= 0.3 is 11.7 Å². The third-order valence-corrected chi connectivity index (χ3v) is 5.93. The zero-order chi connectivity index (χ0) is 25.1. The number of benzene rings is 2. The molecule has 0 saturated heterocycles. The van der Waals surface area contributed by atoms with E-state index in [1.807, 2.05) is 43.3 Å². The molecule has 5 rings (SSSR count). The number of pyridine rings is 1. The van der Waals surface area contributed by atoms with Crippen molar-refractivity contribution in [1.29, 1.82) is 0 Å². The highest BCUT2D eigenvalue weighted by Crippen LogP contribution is 2.29. The van der Waals surface area contributed by atoms with Gasteiger partial charge in [0.15, 0.2) is 0 Å². The van der Waals surface area contributed by atoms with Gasteiger partial charge in [-0.1, -0.05) is 55.8 Å². The number of carboxylic acids is 1. The van der Waals surface area contributed by atoms with E-state index in [1.54, 1.807) is 35.2 Å². The summed E-state index contributed by atoms with van der Waals surface area (Å²) in [5, 5.41) is 23.9. The lowest BCUT2D eigenvalue weighted by Crippen LogP contribution is -2.26. The molecule has 0 amide bonds. The SMILES string of the molecule is CCCc1cn(-c2ccccc2C(=O)O)c(=O)n1Cc1ccc(-c2ccccc2-c2nn[nH]n2)cn1. The molecule has 3 heterocycles. The van der Waals surface area contributed by atoms with Crippen LogP contribution in [0.2, 0.25) is 0 Å². The van der Waals surface area contributed by atoms with Crippen LogP contribution in [0.15, 0.2) is 77.9 Å². The predicted molar refractivity (Wildman–Crippen MR) is 133 cm³/mol. The maximum absolute atomic E-state index is 13.4. The summed E-state index contributed by atoms with van der Waals surface area (Å²) >= 11 is 0. The van der Waals surface area contributed by atoms with Crippen LogP contribution in [0, 0.1) is 0 Å². The van der Waals surface area contributed by atoms with Crippen LogP contribution in [0.3, 0.4) is 0 Å². The number of carboxylic acid groups (broad SMARTS) is 1. The Balaban J connectivity index is 1.49. The van der Waals surface area contributed by atoms with Gasteiger partial charge in [-0.3, -0.25) is 14.1 Å². The second-order valence-corrected chi connectivity index (χ2v) is 8.25. The second-order valence-electron chi connectivity index (χ2n) is 8.25. The summed E-state index contributed by atoms with van der Waals surface area (Å²) < 4.78 is 3.06. The van der Waals surface area contributed by atoms with E-state index in [9.17, 15) is 14.7 Å². The number of imidazole rings is 1. The van der Waals surface area contributed by atoms with Gasteiger partial charge in [-0.2, -0.15) is 5.21 Å². The summed E-state index contributed by atoms with van der Waals surface area (Å²) in [6.45, 7) is 2.30. The van der Waals surface area contributed by atoms with Gasteiger partial charge in [0.1, 0.15) is 0 Å². The maximum Gasteiger partial charge on any atom is 0.337 e. The molecule has 0 bridgehead atoms. The number of aromatic carboxylic acids is 1. The molecule has 0 aliphatic heterocycles. The molecule has 10 heteroatoms. The Labute approximate surface area is 205 Å². The Morgan fingerprint density at radius 3 is 2.50 bits per heavy atom. The van der Waals surface area contributed by atoms with Gasteiger partial charge in [0, 0.05) is 29.2 Å². The van der Waals surface area contributed by atoms with Crippen LogP contribution in [0.4, 0.5) is 0 Å². The lowest BCUT2D eigenvalue weighted by atomic mass is 10.0. The molecule has 0 aliphatic rings. The van der Waals surface area contributed by atoms with Crippen LogP contribution in [0.5, 0.6) is 0 Å². The molecule has 0 atom stereocenters. The number of hydrogen-bond donors (Lipinski definition) is 2. The summed E-state index contributed by atoms with van der Waals surface area (Å²) in [7, 11) is 0. The minimum Gasteiger partial charge on any atom is -0.478 e. The van der Waals surface area contributed by atoms with E-state index in [1.165, 1.54) is 10.6 Å². The fourth-order valence-electron chi connectivity index (χ4n) is 4.23. The highest BCUT2D eigenvalue weighted by Gasteiger charge is 2.18. The third kappa shape index (κ3) is 4.31. The van der Waals surface area contributed by atoms with Crippen molar-refractivity contribution in [3.63, 3.8) is 0 Å². The molecule has 36 heavy (non-hydrogen) atoms. The number of tetrazole rings is 1. The fraction of sp³-hybridized carbons (Fsp3) is 0.154. The van der Waals surface area contributed by atoms with E-state index in [0.717, 1.165) is 28.8 Å². The highest BCUT2D eigenvalue weighted by molar-refractivity contribution is 5.91. The van der Waals surface area contributed by atoms with Crippen molar-refractivity contribution in [3.8, 4) is 28.2 Å². The molecule has 180 valence electrons. The largest absolute Gasteiger partial charge is 0.478 e. The Kier molecular flexibility index (Phi) is 6.23. The van der Waals surface area contributed by atoms with E-state index in [-0.39, 0.29) is 17.8 Å². The van der Waals surface area contributed by atoms with Crippen LogP contribution in [0.25, 0.3) is 28.2 Å². The van der Waals surface area contributed by atoms with Gasteiger partial charge in [-0.15, -0.1) is 10.2 Å². The molecule has 2 N–H and O–H groups in total. The molecule has 3 aromatic heterocycles. The number of nitrogens with zero attached hydrogens (tertiary/aromatic N) is 6. The van der Waals surface area contributed by atoms with Crippen LogP contribution >= 0.6 is 0 Å². The Morgan fingerprint density at radius 1 is 1.03 bits per heavy atom. The van der Waals surface area contributed by atoms with Crippen molar-refractivity contribution in [2.75, 3.05) is 0 Å². The zero-order valence-electron chi connectivity index (χ0n) is 19.5. The smallest absolute Gasteiger partial charge is 0.337 e. The minimum absolute atomic E-state index is 0.0718. The molecule has 0 unspecified atom stereocenters. The first-order valence-corrected chi connectivity index (χ1v) is 11.5. The van der Waals surface area contributed by atoms with Gasteiger partial charge in [0.2, 0.25) is 5.82 Å². The van der Waals surface area contributed by atoms with Gasteiger partial charge < -0.3 is 5.11 Å². The number of nitrogens with one attached hydrogen (secondary N) is 1. The number of para-hydroxylation sites is 1. The number of aromatic nitrogens is 7. The lowest BCUT2D eigenvalue weighted by Gasteiger charge is -2.09. The lowest BCUT2D eigenvalue weighted by molar-refractivity contribution is 0.0697. The first kappa shape index (κ1) is 22.9. The molecule has 10 nitrogen and oxygen atoms in total. The van der Waals surface area contributed by atoms with E-state index >= 15 is 0 Å². The van der Waals surface area contributed by atoms with E-state index in [0.29, 0.717) is 23.6 Å². The van der Waals surface area contributed by atoms with Gasteiger partial charge in [-0.25, -0.2) is 9.59 Å². The van der Waals surface area contributed by atoms with Crippen molar-refractivity contribution in [2.45, 2.75) is 26.3 Å².